The van der Waals surface area contributed by atoms with Gasteiger partial charge in [0.2, 0.25) is 0 Å². The third-order valence-electron chi connectivity index (χ3n) is 4.92. The molecule has 1 fully saturated rings. The van der Waals surface area contributed by atoms with Crippen molar-refractivity contribution in [2.45, 2.75) is 13.5 Å². The van der Waals surface area contributed by atoms with Gasteiger partial charge in [-0.3, -0.25) is 9.69 Å². The van der Waals surface area contributed by atoms with Crippen molar-refractivity contribution in [2.24, 2.45) is 0 Å². The number of carbonyl (C=O) groups is 1. The van der Waals surface area contributed by atoms with Crippen molar-refractivity contribution in [3.63, 3.8) is 0 Å². The zero-order chi connectivity index (χ0) is 21.1. The molecule has 6 heteroatoms. The molecule has 0 bridgehead atoms. The second-order valence-electron chi connectivity index (χ2n) is 6.92. The van der Waals surface area contributed by atoms with Gasteiger partial charge in [0.05, 0.1) is 6.61 Å². The van der Waals surface area contributed by atoms with E-state index >= 15 is 0 Å². The van der Waals surface area contributed by atoms with E-state index in [-0.39, 0.29) is 5.91 Å². The Labute approximate surface area is 180 Å². The standard InChI is InChI=1S/C24H22N2O3S/c1-3-28-22-14-16(13-20-23(27)26(2)24(30)25-20)11-12-21(22)29-15-18-9-6-8-17-7-4-5-10-19(17)18/h4-14H,3,15H2,1-2H3,(H,25,30). The quantitative estimate of drug-likeness (QED) is 0.472. The SMILES string of the molecule is CCOc1cc(C=C2NC(=S)N(C)C2=O)ccc1OCc1cccc2ccccc12. The van der Waals surface area contributed by atoms with Crippen LogP contribution in [-0.4, -0.2) is 29.6 Å². The number of thiocarbonyl (C=S) groups is 1. The summed E-state index contributed by atoms with van der Waals surface area (Å²) in [5.41, 5.74) is 2.37. The van der Waals surface area contributed by atoms with Crippen LogP contribution in [0.25, 0.3) is 16.8 Å². The van der Waals surface area contributed by atoms with Crippen molar-refractivity contribution in [3.8, 4) is 11.5 Å². The minimum Gasteiger partial charge on any atom is -0.490 e. The molecule has 30 heavy (non-hydrogen) atoms. The molecular formula is C24H22N2O3S. The molecule has 0 unspecified atom stereocenters. The smallest absolute Gasteiger partial charge is 0.276 e. The van der Waals surface area contributed by atoms with E-state index in [0.717, 1.165) is 11.1 Å². The van der Waals surface area contributed by atoms with Crippen LogP contribution in [0.2, 0.25) is 0 Å². The average Bonchev–Trinajstić information content (AvgIpc) is 3.00. The van der Waals surface area contributed by atoms with Crippen LogP contribution in [0.5, 0.6) is 11.5 Å². The number of amides is 1. The molecule has 0 aliphatic carbocycles. The van der Waals surface area contributed by atoms with Crippen LogP contribution >= 0.6 is 12.2 Å². The Morgan fingerprint density at radius 1 is 1.03 bits per heavy atom. The highest BCUT2D eigenvalue weighted by Gasteiger charge is 2.27. The van der Waals surface area contributed by atoms with Gasteiger partial charge < -0.3 is 14.8 Å². The Balaban J connectivity index is 1.58. The number of nitrogens with one attached hydrogen (secondary N) is 1. The van der Waals surface area contributed by atoms with Gasteiger partial charge in [0, 0.05) is 7.05 Å². The van der Waals surface area contributed by atoms with E-state index in [2.05, 4.69) is 29.6 Å². The molecule has 0 spiro atoms. The average molecular weight is 419 g/mol. The van der Waals surface area contributed by atoms with Crippen LogP contribution in [0, 0.1) is 0 Å². The molecule has 3 aromatic carbocycles. The monoisotopic (exact) mass is 418 g/mol. The molecule has 1 amide bonds. The topological polar surface area (TPSA) is 50.8 Å². The highest BCUT2D eigenvalue weighted by molar-refractivity contribution is 7.80. The van der Waals surface area contributed by atoms with Crippen molar-refractivity contribution in [3.05, 3.63) is 77.5 Å². The number of ether oxygens (including phenoxy) is 2. The van der Waals surface area contributed by atoms with Crippen molar-refractivity contribution >= 4 is 40.1 Å². The first kappa shape index (κ1) is 19.9. The van der Waals surface area contributed by atoms with E-state index in [0.29, 0.717) is 35.5 Å². The summed E-state index contributed by atoms with van der Waals surface area (Å²) in [5, 5.41) is 5.68. The van der Waals surface area contributed by atoms with E-state index in [1.54, 1.807) is 13.1 Å². The molecule has 152 valence electrons. The highest BCUT2D eigenvalue weighted by Crippen LogP contribution is 2.31. The number of hydrogen-bond acceptors (Lipinski definition) is 4. The van der Waals surface area contributed by atoms with E-state index in [1.165, 1.54) is 15.7 Å². The predicted octanol–water partition coefficient (Wildman–Crippen LogP) is 4.50. The Hall–Kier alpha value is -3.38. The summed E-state index contributed by atoms with van der Waals surface area (Å²) in [6, 6.07) is 20.1. The van der Waals surface area contributed by atoms with Crippen LogP contribution in [-0.2, 0) is 11.4 Å². The Bertz CT molecular complexity index is 1150. The molecule has 1 aliphatic rings. The molecule has 1 saturated heterocycles. The fourth-order valence-corrected chi connectivity index (χ4v) is 3.56. The Morgan fingerprint density at radius 3 is 2.60 bits per heavy atom. The lowest BCUT2D eigenvalue weighted by molar-refractivity contribution is -0.121. The van der Waals surface area contributed by atoms with Crippen LogP contribution in [0.4, 0.5) is 0 Å². The third kappa shape index (κ3) is 4.00. The van der Waals surface area contributed by atoms with Crippen LogP contribution in [0.3, 0.4) is 0 Å². The second-order valence-corrected chi connectivity index (χ2v) is 7.31. The fraction of sp³-hybridized carbons (Fsp3) is 0.167. The summed E-state index contributed by atoms with van der Waals surface area (Å²) in [6.07, 6.45) is 1.76. The minimum absolute atomic E-state index is 0.158. The fourth-order valence-electron chi connectivity index (χ4n) is 3.37. The van der Waals surface area contributed by atoms with Crippen LogP contribution < -0.4 is 14.8 Å². The number of carbonyl (C=O) groups excluding carboxylic acids is 1. The number of likely N-dealkylation sites (N-methyl/N-ethyl adjacent to an activating group) is 1. The lowest BCUT2D eigenvalue weighted by Crippen LogP contribution is -2.25. The largest absolute Gasteiger partial charge is 0.490 e. The molecule has 0 saturated carbocycles. The number of fused-ring (bicyclic) bond motifs is 1. The molecule has 5 nitrogen and oxygen atoms in total. The summed E-state index contributed by atoms with van der Waals surface area (Å²) in [5.74, 6) is 1.13. The summed E-state index contributed by atoms with van der Waals surface area (Å²) in [6.45, 7) is 2.87. The van der Waals surface area contributed by atoms with Crippen molar-refractivity contribution in [1.29, 1.82) is 0 Å². The zero-order valence-corrected chi connectivity index (χ0v) is 17.7. The van der Waals surface area contributed by atoms with Gasteiger partial charge in [-0.25, -0.2) is 0 Å². The molecule has 3 aromatic rings. The first-order chi connectivity index (χ1) is 14.6. The number of benzene rings is 3. The maximum absolute atomic E-state index is 12.2. The number of rotatable bonds is 6. The minimum atomic E-state index is -0.158. The van der Waals surface area contributed by atoms with Gasteiger partial charge in [0.15, 0.2) is 16.6 Å². The molecule has 0 radical (unpaired) electrons. The van der Waals surface area contributed by atoms with E-state index in [1.807, 2.05) is 43.3 Å². The highest BCUT2D eigenvalue weighted by atomic mass is 32.1. The summed E-state index contributed by atoms with van der Waals surface area (Å²) >= 11 is 5.12. The lowest BCUT2D eigenvalue weighted by atomic mass is 10.1. The summed E-state index contributed by atoms with van der Waals surface area (Å²) in [4.78, 5) is 13.6. The Kier molecular flexibility index (Phi) is 5.68. The first-order valence-corrected chi connectivity index (χ1v) is 10.1. The molecule has 1 heterocycles. The number of hydrogen-bond donors (Lipinski definition) is 1. The van der Waals surface area contributed by atoms with E-state index < -0.39 is 0 Å². The van der Waals surface area contributed by atoms with E-state index in [9.17, 15) is 4.79 Å². The summed E-state index contributed by atoms with van der Waals surface area (Å²) < 4.78 is 11.9. The Morgan fingerprint density at radius 2 is 1.83 bits per heavy atom. The van der Waals surface area contributed by atoms with Gasteiger partial charge in [0.25, 0.3) is 5.91 Å². The lowest BCUT2D eigenvalue weighted by Gasteiger charge is -2.14. The second kappa shape index (κ2) is 8.55. The maximum atomic E-state index is 12.2. The molecule has 0 aromatic heterocycles. The van der Waals surface area contributed by atoms with Gasteiger partial charge in [-0.2, -0.15) is 0 Å². The maximum Gasteiger partial charge on any atom is 0.276 e. The van der Waals surface area contributed by atoms with Crippen LogP contribution in [0.1, 0.15) is 18.1 Å². The molecule has 1 N–H and O–H groups in total. The first-order valence-electron chi connectivity index (χ1n) is 9.74. The van der Waals surface area contributed by atoms with Gasteiger partial charge in [0.1, 0.15) is 12.3 Å². The van der Waals surface area contributed by atoms with E-state index in [4.69, 9.17) is 21.7 Å². The van der Waals surface area contributed by atoms with Crippen molar-refractivity contribution < 1.29 is 14.3 Å². The van der Waals surface area contributed by atoms with Gasteiger partial charge in [-0.05, 0) is 59.2 Å². The molecule has 0 atom stereocenters. The number of nitrogens with zero attached hydrogens (tertiary/aromatic N) is 1. The summed E-state index contributed by atoms with van der Waals surface area (Å²) in [7, 11) is 1.65. The van der Waals surface area contributed by atoms with Gasteiger partial charge >= 0.3 is 0 Å². The normalized spacial score (nSPS) is 15.0. The van der Waals surface area contributed by atoms with Gasteiger partial charge in [-0.15, -0.1) is 0 Å². The van der Waals surface area contributed by atoms with Gasteiger partial charge in [-0.1, -0.05) is 48.5 Å². The molecule has 1 aliphatic heterocycles. The molecular weight excluding hydrogens is 396 g/mol. The predicted molar refractivity (Wildman–Crippen MR) is 122 cm³/mol. The van der Waals surface area contributed by atoms with Crippen LogP contribution in [0.15, 0.2) is 66.4 Å². The molecule has 4 rings (SSSR count). The zero-order valence-electron chi connectivity index (χ0n) is 16.8. The van der Waals surface area contributed by atoms with Crippen molar-refractivity contribution in [1.82, 2.24) is 10.2 Å². The third-order valence-corrected chi connectivity index (χ3v) is 5.30. The van der Waals surface area contributed by atoms with Crippen molar-refractivity contribution in [2.75, 3.05) is 13.7 Å².